The molecular formula is C25H20N4O2. The molecule has 2 heterocycles. The van der Waals surface area contributed by atoms with Crippen LogP contribution in [-0.4, -0.2) is 20.4 Å². The molecule has 0 spiro atoms. The first-order valence-corrected chi connectivity index (χ1v) is 10.1. The van der Waals surface area contributed by atoms with Gasteiger partial charge in [-0.1, -0.05) is 48.5 Å². The minimum atomic E-state index is -0.494. The Labute approximate surface area is 178 Å². The van der Waals surface area contributed by atoms with Crippen LogP contribution in [0.15, 0.2) is 83.8 Å². The Morgan fingerprint density at radius 2 is 1.71 bits per heavy atom. The van der Waals surface area contributed by atoms with Crippen molar-refractivity contribution in [3.63, 3.8) is 0 Å². The number of hydrogen-bond donors (Lipinski definition) is 2. The molecule has 0 atom stereocenters. The molecule has 0 fully saturated rings. The van der Waals surface area contributed by atoms with Crippen LogP contribution in [0.25, 0.3) is 33.2 Å². The lowest BCUT2D eigenvalue weighted by atomic mass is 10.1. The number of fused-ring (bicyclic) bond motifs is 3. The number of hydrogen-bond acceptors (Lipinski definition) is 3. The molecule has 0 saturated carbocycles. The van der Waals surface area contributed by atoms with Crippen LogP contribution in [0.4, 0.5) is 5.69 Å². The molecule has 6 heteroatoms. The number of aromatic nitrogens is 3. The molecule has 0 bridgehead atoms. The van der Waals surface area contributed by atoms with Crippen LogP contribution < -0.4 is 10.9 Å². The van der Waals surface area contributed by atoms with Gasteiger partial charge in [0.2, 0.25) is 0 Å². The van der Waals surface area contributed by atoms with E-state index in [0.717, 1.165) is 33.9 Å². The molecule has 0 aliphatic carbocycles. The van der Waals surface area contributed by atoms with Gasteiger partial charge in [-0.15, -0.1) is 0 Å². The van der Waals surface area contributed by atoms with Crippen molar-refractivity contribution < 1.29 is 4.79 Å². The number of nitrogens with zero attached hydrogens (tertiary/aromatic N) is 2. The fraction of sp³-hybridized carbons (Fsp3) is 0.0800. The molecule has 5 aromatic rings. The maximum atomic E-state index is 12.8. The van der Waals surface area contributed by atoms with E-state index in [1.165, 1.54) is 6.20 Å². The van der Waals surface area contributed by atoms with E-state index in [0.29, 0.717) is 11.5 Å². The van der Waals surface area contributed by atoms with Gasteiger partial charge >= 0.3 is 0 Å². The zero-order valence-corrected chi connectivity index (χ0v) is 16.9. The SMILES string of the molecule is CCn1c2ccccc2c2cc(NC(=O)c3cnc(-c4ccccc4)[nH]c3=O)ccc21. The molecule has 6 nitrogen and oxygen atoms in total. The van der Waals surface area contributed by atoms with Gasteiger partial charge in [0.1, 0.15) is 11.4 Å². The average Bonchev–Trinajstić information content (AvgIpc) is 3.12. The Morgan fingerprint density at radius 1 is 0.968 bits per heavy atom. The summed E-state index contributed by atoms with van der Waals surface area (Å²) < 4.78 is 2.24. The van der Waals surface area contributed by atoms with Crippen LogP contribution in [-0.2, 0) is 6.54 Å². The van der Waals surface area contributed by atoms with Gasteiger partial charge in [-0.3, -0.25) is 9.59 Å². The van der Waals surface area contributed by atoms with Crippen molar-refractivity contribution in [3.05, 3.63) is 94.9 Å². The van der Waals surface area contributed by atoms with Crippen LogP contribution in [0, 0.1) is 0 Å². The summed E-state index contributed by atoms with van der Waals surface area (Å²) in [6.45, 7) is 2.96. The summed E-state index contributed by atoms with van der Waals surface area (Å²) >= 11 is 0. The van der Waals surface area contributed by atoms with Gasteiger partial charge in [0.05, 0.1) is 0 Å². The molecule has 3 aromatic carbocycles. The van der Waals surface area contributed by atoms with Gasteiger partial charge in [-0.05, 0) is 31.2 Å². The lowest BCUT2D eigenvalue weighted by molar-refractivity contribution is 0.102. The van der Waals surface area contributed by atoms with E-state index < -0.39 is 11.5 Å². The summed E-state index contributed by atoms with van der Waals surface area (Å²) in [6, 6.07) is 23.3. The van der Waals surface area contributed by atoms with E-state index in [2.05, 4.69) is 38.9 Å². The second kappa shape index (κ2) is 7.57. The molecule has 2 N–H and O–H groups in total. The first kappa shape index (κ1) is 18.8. The fourth-order valence-electron chi connectivity index (χ4n) is 3.97. The van der Waals surface area contributed by atoms with E-state index in [4.69, 9.17) is 0 Å². The smallest absolute Gasteiger partial charge is 0.264 e. The van der Waals surface area contributed by atoms with Crippen molar-refractivity contribution in [2.45, 2.75) is 13.5 Å². The van der Waals surface area contributed by atoms with Gasteiger partial charge < -0.3 is 14.9 Å². The molecule has 5 rings (SSSR count). The molecule has 0 aliphatic rings. The third-order valence-electron chi connectivity index (χ3n) is 5.44. The lowest BCUT2D eigenvalue weighted by Crippen LogP contribution is -2.24. The average molecular weight is 408 g/mol. The van der Waals surface area contributed by atoms with Crippen LogP contribution in [0.1, 0.15) is 17.3 Å². The van der Waals surface area contributed by atoms with Crippen LogP contribution >= 0.6 is 0 Å². The zero-order chi connectivity index (χ0) is 21.4. The third kappa shape index (κ3) is 3.28. The van der Waals surface area contributed by atoms with Crippen molar-refractivity contribution in [1.29, 1.82) is 0 Å². The number of para-hydroxylation sites is 1. The van der Waals surface area contributed by atoms with E-state index in [1.54, 1.807) is 0 Å². The molecule has 152 valence electrons. The highest BCUT2D eigenvalue weighted by Crippen LogP contribution is 2.31. The van der Waals surface area contributed by atoms with E-state index in [9.17, 15) is 9.59 Å². The van der Waals surface area contributed by atoms with Crippen molar-refractivity contribution in [2.24, 2.45) is 0 Å². The summed E-state index contributed by atoms with van der Waals surface area (Å²) in [5, 5.41) is 5.02. The van der Waals surface area contributed by atoms with Crippen LogP contribution in [0.2, 0.25) is 0 Å². The number of rotatable bonds is 4. The minimum Gasteiger partial charge on any atom is -0.341 e. The first-order valence-electron chi connectivity index (χ1n) is 10.1. The molecule has 2 aromatic heterocycles. The minimum absolute atomic E-state index is 0.0317. The summed E-state index contributed by atoms with van der Waals surface area (Å²) in [7, 11) is 0. The predicted octanol–water partition coefficient (Wildman–Crippen LogP) is 4.82. The quantitative estimate of drug-likeness (QED) is 0.448. The van der Waals surface area contributed by atoms with Crippen molar-refractivity contribution in [2.75, 3.05) is 5.32 Å². The Hall–Kier alpha value is -4.19. The highest BCUT2D eigenvalue weighted by Gasteiger charge is 2.15. The molecular weight excluding hydrogens is 388 g/mol. The standard InChI is InChI=1S/C25H20N4O2/c1-2-29-21-11-7-6-10-18(21)19-14-17(12-13-22(19)29)27-24(30)20-15-26-23(28-25(20)31)16-8-4-3-5-9-16/h3-15H,2H2,1H3,(H,27,30)(H,26,28,31). The second-order valence-corrected chi connectivity index (χ2v) is 7.29. The van der Waals surface area contributed by atoms with Crippen molar-refractivity contribution >= 4 is 33.4 Å². The third-order valence-corrected chi connectivity index (χ3v) is 5.44. The summed E-state index contributed by atoms with van der Waals surface area (Å²) in [5.74, 6) is -0.0668. The van der Waals surface area contributed by atoms with Gasteiger partial charge in [0, 0.05) is 45.8 Å². The number of nitrogens with one attached hydrogen (secondary N) is 2. The van der Waals surface area contributed by atoms with E-state index in [1.807, 2.05) is 60.7 Å². The maximum Gasteiger partial charge on any atom is 0.264 e. The van der Waals surface area contributed by atoms with E-state index >= 15 is 0 Å². The molecule has 0 radical (unpaired) electrons. The number of amides is 1. The fourth-order valence-corrected chi connectivity index (χ4v) is 3.97. The van der Waals surface area contributed by atoms with Crippen LogP contribution in [0.5, 0.6) is 0 Å². The summed E-state index contributed by atoms with van der Waals surface area (Å²) in [5.41, 5.74) is 3.16. The summed E-state index contributed by atoms with van der Waals surface area (Å²) in [4.78, 5) is 32.2. The Balaban J connectivity index is 1.48. The maximum absolute atomic E-state index is 12.8. The molecule has 0 unspecified atom stereocenters. The lowest BCUT2D eigenvalue weighted by Gasteiger charge is -2.07. The predicted molar refractivity (Wildman–Crippen MR) is 123 cm³/mol. The summed E-state index contributed by atoms with van der Waals surface area (Å²) in [6.07, 6.45) is 1.32. The normalized spacial score (nSPS) is 11.1. The van der Waals surface area contributed by atoms with Gasteiger partial charge in [-0.2, -0.15) is 0 Å². The number of carbonyl (C=O) groups excluding carboxylic acids is 1. The first-order chi connectivity index (χ1) is 15.2. The Kier molecular flexibility index (Phi) is 4.59. The number of aromatic amines is 1. The number of H-pyrrole nitrogens is 1. The largest absolute Gasteiger partial charge is 0.341 e. The number of aryl methyl sites for hydroxylation is 1. The molecule has 0 saturated heterocycles. The number of benzene rings is 3. The monoisotopic (exact) mass is 408 g/mol. The zero-order valence-electron chi connectivity index (χ0n) is 16.9. The Bertz CT molecular complexity index is 1480. The topological polar surface area (TPSA) is 79.8 Å². The van der Waals surface area contributed by atoms with Crippen molar-refractivity contribution in [3.8, 4) is 11.4 Å². The van der Waals surface area contributed by atoms with Gasteiger partial charge in [0.25, 0.3) is 11.5 Å². The number of carbonyl (C=O) groups is 1. The molecule has 0 aliphatic heterocycles. The highest BCUT2D eigenvalue weighted by molar-refractivity contribution is 6.11. The number of anilines is 1. The molecule has 1 amide bonds. The molecule has 31 heavy (non-hydrogen) atoms. The van der Waals surface area contributed by atoms with E-state index in [-0.39, 0.29) is 5.56 Å². The second-order valence-electron chi connectivity index (χ2n) is 7.29. The van der Waals surface area contributed by atoms with Gasteiger partial charge in [-0.25, -0.2) is 4.98 Å². The highest BCUT2D eigenvalue weighted by atomic mass is 16.2. The Morgan fingerprint density at radius 3 is 2.48 bits per heavy atom. The van der Waals surface area contributed by atoms with Crippen molar-refractivity contribution in [1.82, 2.24) is 14.5 Å². The van der Waals surface area contributed by atoms with Gasteiger partial charge in [0.15, 0.2) is 0 Å². The van der Waals surface area contributed by atoms with Crippen LogP contribution in [0.3, 0.4) is 0 Å².